The number of furan rings is 1. The predicted molar refractivity (Wildman–Crippen MR) is 51.6 cm³/mol. The first-order valence-corrected chi connectivity index (χ1v) is 6.27. The van der Waals surface area contributed by atoms with Gasteiger partial charge >= 0.3 is 0 Å². The molecule has 14 heavy (non-hydrogen) atoms. The Balaban J connectivity index is 2.28. The van der Waals surface area contributed by atoms with E-state index < -0.39 is 10.0 Å². The SMILES string of the molecule is O=S(=O)(c1ccc(CCl)o1)N1CCC1. The van der Waals surface area contributed by atoms with Crippen LogP contribution in [0.4, 0.5) is 0 Å². The molecule has 0 unspecified atom stereocenters. The summed E-state index contributed by atoms with van der Waals surface area (Å²) in [6, 6.07) is 3.03. The van der Waals surface area contributed by atoms with Crippen LogP contribution in [-0.2, 0) is 15.9 Å². The van der Waals surface area contributed by atoms with E-state index >= 15 is 0 Å². The van der Waals surface area contributed by atoms with E-state index in [0.717, 1.165) is 6.42 Å². The minimum Gasteiger partial charge on any atom is -0.447 e. The van der Waals surface area contributed by atoms with Crippen molar-refractivity contribution in [2.45, 2.75) is 17.4 Å². The van der Waals surface area contributed by atoms with Crippen LogP contribution in [0.5, 0.6) is 0 Å². The number of nitrogens with zero attached hydrogens (tertiary/aromatic N) is 1. The standard InChI is InChI=1S/C8H10ClNO3S/c9-6-7-2-3-8(13-7)14(11,12)10-4-1-5-10/h2-3H,1,4-6H2. The third-order valence-electron chi connectivity index (χ3n) is 2.18. The summed E-state index contributed by atoms with van der Waals surface area (Å²) in [5.41, 5.74) is 0. The van der Waals surface area contributed by atoms with E-state index in [-0.39, 0.29) is 11.0 Å². The van der Waals surface area contributed by atoms with Crippen LogP contribution in [0.2, 0.25) is 0 Å². The zero-order chi connectivity index (χ0) is 10.2. The van der Waals surface area contributed by atoms with Gasteiger partial charge in [0.2, 0.25) is 5.09 Å². The zero-order valence-electron chi connectivity index (χ0n) is 7.44. The maximum absolute atomic E-state index is 11.7. The van der Waals surface area contributed by atoms with Gasteiger partial charge in [-0.3, -0.25) is 0 Å². The molecule has 78 valence electrons. The van der Waals surface area contributed by atoms with Crippen molar-refractivity contribution in [1.29, 1.82) is 0 Å². The van der Waals surface area contributed by atoms with Crippen molar-refractivity contribution in [3.8, 4) is 0 Å². The lowest BCUT2D eigenvalue weighted by molar-refractivity contribution is 0.296. The predicted octanol–water partition coefficient (Wildman–Crippen LogP) is 1.41. The average Bonchev–Trinajstić information content (AvgIpc) is 2.47. The molecule has 6 heteroatoms. The highest BCUT2D eigenvalue weighted by Crippen LogP contribution is 2.23. The van der Waals surface area contributed by atoms with Gasteiger partial charge < -0.3 is 4.42 Å². The molecule has 0 radical (unpaired) electrons. The molecular formula is C8H10ClNO3S. The highest BCUT2D eigenvalue weighted by atomic mass is 35.5. The van der Waals surface area contributed by atoms with Crippen LogP contribution in [0.3, 0.4) is 0 Å². The summed E-state index contributed by atoms with van der Waals surface area (Å²) in [4.78, 5) is 0. The fourth-order valence-electron chi connectivity index (χ4n) is 1.22. The van der Waals surface area contributed by atoms with Gasteiger partial charge in [0.15, 0.2) is 0 Å². The van der Waals surface area contributed by atoms with Gasteiger partial charge in [-0.1, -0.05) is 0 Å². The smallest absolute Gasteiger partial charge is 0.276 e. The topological polar surface area (TPSA) is 50.5 Å². The van der Waals surface area contributed by atoms with Gasteiger partial charge in [-0.2, -0.15) is 4.31 Å². The Kier molecular flexibility index (Phi) is 2.55. The summed E-state index contributed by atoms with van der Waals surface area (Å²) in [5.74, 6) is 0.668. The van der Waals surface area contributed by atoms with Gasteiger partial charge in [0.25, 0.3) is 10.0 Å². The molecule has 1 saturated heterocycles. The van der Waals surface area contributed by atoms with Gasteiger partial charge in [0, 0.05) is 13.1 Å². The van der Waals surface area contributed by atoms with E-state index in [2.05, 4.69) is 0 Å². The molecule has 1 fully saturated rings. The lowest BCUT2D eigenvalue weighted by Crippen LogP contribution is -2.41. The molecule has 0 atom stereocenters. The largest absolute Gasteiger partial charge is 0.447 e. The third-order valence-corrected chi connectivity index (χ3v) is 4.21. The molecule has 1 aliphatic rings. The van der Waals surface area contributed by atoms with Crippen LogP contribution in [0.15, 0.2) is 21.6 Å². The molecule has 1 aliphatic heterocycles. The number of halogens is 1. The lowest BCUT2D eigenvalue weighted by atomic mass is 10.3. The Hall–Kier alpha value is -0.520. The maximum Gasteiger partial charge on any atom is 0.276 e. The van der Waals surface area contributed by atoms with Gasteiger partial charge in [-0.25, -0.2) is 8.42 Å². The lowest BCUT2D eigenvalue weighted by Gasteiger charge is -2.28. The quantitative estimate of drug-likeness (QED) is 0.745. The Morgan fingerprint density at radius 2 is 2.14 bits per heavy atom. The first-order valence-electron chi connectivity index (χ1n) is 4.29. The van der Waals surface area contributed by atoms with Crippen LogP contribution in [0.1, 0.15) is 12.2 Å². The molecule has 2 heterocycles. The summed E-state index contributed by atoms with van der Waals surface area (Å²) >= 11 is 5.52. The Labute approximate surface area is 87.5 Å². The zero-order valence-corrected chi connectivity index (χ0v) is 9.01. The second-order valence-corrected chi connectivity index (χ2v) is 5.25. The summed E-state index contributed by atoms with van der Waals surface area (Å²) in [6.07, 6.45) is 0.919. The van der Waals surface area contributed by atoms with Crippen LogP contribution in [0, 0.1) is 0 Å². The van der Waals surface area contributed by atoms with Crippen molar-refractivity contribution in [2.24, 2.45) is 0 Å². The summed E-state index contributed by atoms with van der Waals surface area (Å²) < 4.78 is 30.0. The van der Waals surface area contributed by atoms with E-state index in [1.54, 1.807) is 6.07 Å². The Morgan fingerprint density at radius 3 is 2.57 bits per heavy atom. The van der Waals surface area contributed by atoms with Crippen molar-refractivity contribution in [3.63, 3.8) is 0 Å². The molecule has 0 bridgehead atoms. The molecule has 0 spiro atoms. The molecule has 0 aromatic carbocycles. The first kappa shape index (κ1) is 10.0. The number of hydrogen-bond acceptors (Lipinski definition) is 3. The van der Waals surface area contributed by atoms with Gasteiger partial charge in [-0.15, -0.1) is 11.6 Å². The van der Waals surface area contributed by atoms with Crippen LogP contribution >= 0.6 is 11.6 Å². The third kappa shape index (κ3) is 1.55. The molecule has 4 nitrogen and oxygen atoms in total. The Bertz CT molecular complexity index is 422. The van der Waals surface area contributed by atoms with E-state index in [1.165, 1.54) is 10.4 Å². The summed E-state index contributed by atoms with van der Waals surface area (Å²) in [6.45, 7) is 1.17. The molecule has 1 aromatic rings. The van der Waals surface area contributed by atoms with Crippen LogP contribution in [0.25, 0.3) is 0 Å². The van der Waals surface area contributed by atoms with Gasteiger partial charge in [0.1, 0.15) is 5.76 Å². The minimum atomic E-state index is -3.38. The fraction of sp³-hybridized carbons (Fsp3) is 0.500. The molecule has 0 aliphatic carbocycles. The van der Waals surface area contributed by atoms with E-state index in [9.17, 15) is 8.42 Å². The fourth-order valence-corrected chi connectivity index (χ4v) is 2.81. The molecule has 0 saturated carbocycles. The van der Waals surface area contributed by atoms with E-state index in [0.29, 0.717) is 18.8 Å². The van der Waals surface area contributed by atoms with Crippen molar-refractivity contribution in [1.82, 2.24) is 4.31 Å². The van der Waals surface area contributed by atoms with Crippen molar-refractivity contribution < 1.29 is 12.8 Å². The van der Waals surface area contributed by atoms with Gasteiger partial charge in [-0.05, 0) is 18.6 Å². The summed E-state index contributed by atoms with van der Waals surface area (Å²) in [7, 11) is -3.38. The Morgan fingerprint density at radius 1 is 1.43 bits per heavy atom. The molecule has 0 N–H and O–H groups in total. The molecule has 1 aromatic heterocycles. The number of sulfonamides is 1. The second kappa shape index (κ2) is 3.56. The minimum absolute atomic E-state index is 0.00662. The van der Waals surface area contributed by atoms with E-state index in [1.807, 2.05) is 0 Å². The monoisotopic (exact) mass is 235 g/mol. The maximum atomic E-state index is 11.7. The second-order valence-electron chi connectivity index (χ2n) is 3.11. The number of hydrogen-bond donors (Lipinski definition) is 0. The summed E-state index contributed by atoms with van der Waals surface area (Å²) in [5, 5.41) is -0.00662. The van der Waals surface area contributed by atoms with Crippen molar-refractivity contribution in [3.05, 3.63) is 17.9 Å². The van der Waals surface area contributed by atoms with Crippen molar-refractivity contribution in [2.75, 3.05) is 13.1 Å². The average molecular weight is 236 g/mol. The van der Waals surface area contributed by atoms with Crippen LogP contribution < -0.4 is 0 Å². The molecule has 0 amide bonds. The highest BCUT2D eigenvalue weighted by Gasteiger charge is 2.31. The van der Waals surface area contributed by atoms with E-state index in [4.69, 9.17) is 16.0 Å². The van der Waals surface area contributed by atoms with Crippen molar-refractivity contribution >= 4 is 21.6 Å². The van der Waals surface area contributed by atoms with Crippen LogP contribution in [-0.4, -0.2) is 25.8 Å². The number of rotatable bonds is 3. The first-order chi connectivity index (χ1) is 6.64. The molecular weight excluding hydrogens is 226 g/mol. The highest BCUT2D eigenvalue weighted by molar-refractivity contribution is 7.89. The number of alkyl halides is 1. The molecule has 2 rings (SSSR count). The normalized spacial score (nSPS) is 18.1. The van der Waals surface area contributed by atoms with Gasteiger partial charge in [0.05, 0.1) is 5.88 Å².